The molecule has 1 heterocycles. The highest BCUT2D eigenvalue weighted by molar-refractivity contribution is 5.76. The zero-order valence-corrected chi connectivity index (χ0v) is 13.0. The zero-order valence-electron chi connectivity index (χ0n) is 13.0. The maximum absolute atomic E-state index is 11.9. The number of rotatable bonds is 6. The SMILES string of the molecule is CNCc1ccc(N2CCN(C(=O)CCOC)CC2)cc1. The van der Waals surface area contributed by atoms with Crippen LogP contribution < -0.4 is 10.2 Å². The van der Waals surface area contributed by atoms with E-state index in [0.717, 1.165) is 32.7 Å². The van der Waals surface area contributed by atoms with E-state index >= 15 is 0 Å². The summed E-state index contributed by atoms with van der Waals surface area (Å²) >= 11 is 0. The van der Waals surface area contributed by atoms with Crippen molar-refractivity contribution in [3.05, 3.63) is 29.8 Å². The van der Waals surface area contributed by atoms with E-state index in [1.807, 2.05) is 11.9 Å². The highest BCUT2D eigenvalue weighted by atomic mass is 16.5. The number of nitrogens with one attached hydrogen (secondary N) is 1. The van der Waals surface area contributed by atoms with E-state index in [0.29, 0.717) is 13.0 Å². The van der Waals surface area contributed by atoms with Crippen LogP contribution in [0.25, 0.3) is 0 Å². The molecule has 0 bridgehead atoms. The van der Waals surface area contributed by atoms with Gasteiger partial charge in [0.2, 0.25) is 5.91 Å². The summed E-state index contributed by atoms with van der Waals surface area (Å²) in [6, 6.07) is 8.63. The van der Waals surface area contributed by atoms with Crippen LogP contribution in [0.5, 0.6) is 0 Å². The lowest BCUT2D eigenvalue weighted by Crippen LogP contribution is -2.49. The van der Waals surface area contributed by atoms with Crippen molar-refractivity contribution in [3.63, 3.8) is 0 Å². The minimum absolute atomic E-state index is 0.195. The fraction of sp³-hybridized carbons (Fsp3) is 0.562. The molecule has 1 fully saturated rings. The molecule has 0 saturated carbocycles. The van der Waals surface area contributed by atoms with Crippen LogP contribution in [0, 0.1) is 0 Å². The summed E-state index contributed by atoms with van der Waals surface area (Å²) in [4.78, 5) is 16.2. The molecule has 116 valence electrons. The number of benzene rings is 1. The maximum Gasteiger partial charge on any atom is 0.225 e. The van der Waals surface area contributed by atoms with Gasteiger partial charge in [0.1, 0.15) is 0 Å². The second-order valence-electron chi connectivity index (χ2n) is 5.31. The molecule has 0 aromatic heterocycles. The van der Waals surface area contributed by atoms with Crippen LogP contribution in [0.15, 0.2) is 24.3 Å². The van der Waals surface area contributed by atoms with Gasteiger partial charge in [-0.3, -0.25) is 4.79 Å². The van der Waals surface area contributed by atoms with Gasteiger partial charge in [0.25, 0.3) is 0 Å². The quantitative estimate of drug-likeness (QED) is 0.852. The highest BCUT2D eigenvalue weighted by Gasteiger charge is 2.20. The Labute approximate surface area is 126 Å². The van der Waals surface area contributed by atoms with Gasteiger partial charge in [-0.15, -0.1) is 0 Å². The Hall–Kier alpha value is -1.59. The molecule has 1 saturated heterocycles. The average Bonchev–Trinajstić information content (AvgIpc) is 2.54. The summed E-state index contributed by atoms with van der Waals surface area (Å²) in [6.07, 6.45) is 0.481. The number of piperazine rings is 1. The fourth-order valence-electron chi connectivity index (χ4n) is 2.59. The van der Waals surface area contributed by atoms with Crippen LogP contribution in [0.3, 0.4) is 0 Å². The third-order valence-corrected chi connectivity index (χ3v) is 3.83. The van der Waals surface area contributed by atoms with Crippen molar-refractivity contribution in [2.75, 3.05) is 51.8 Å². The molecule has 1 aromatic rings. The summed E-state index contributed by atoms with van der Waals surface area (Å²) in [5.41, 5.74) is 2.52. The molecule has 5 nitrogen and oxygen atoms in total. The molecule has 0 radical (unpaired) electrons. The van der Waals surface area contributed by atoms with Gasteiger partial charge in [0.05, 0.1) is 13.0 Å². The molecule has 0 spiro atoms. The molecular weight excluding hydrogens is 266 g/mol. The van der Waals surface area contributed by atoms with Crippen molar-refractivity contribution in [3.8, 4) is 0 Å². The lowest BCUT2D eigenvalue weighted by molar-refractivity contribution is -0.132. The molecule has 21 heavy (non-hydrogen) atoms. The van der Waals surface area contributed by atoms with E-state index in [2.05, 4.69) is 34.5 Å². The Morgan fingerprint density at radius 2 is 1.86 bits per heavy atom. The van der Waals surface area contributed by atoms with Gasteiger partial charge in [0, 0.05) is 45.5 Å². The van der Waals surface area contributed by atoms with E-state index in [9.17, 15) is 4.79 Å². The van der Waals surface area contributed by atoms with Gasteiger partial charge in [-0.1, -0.05) is 12.1 Å². The highest BCUT2D eigenvalue weighted by Crippen LogP contribution is 2.17. The molecule has 1 aromatic carbocycles. The van der Waals surface area contributed by atoms with Crippen molar-refractivity contribution >= 4 is 11.6 Å². The normalized spacial score (nSPS) is 15.3. The number of methoxy groups -OCH3 is 1. The molecular formula is C16H25N3O2. The smallest absolute Gasteiger partial charge is 0.225 e. The molecule has 1 N–H and O–H groups in total. The van der Waals surface area contributed by atoms with E-state index in [4.69, 9.17) is 4.74 Å². The minimum atomic E-state index is 0.195. The molecule has 5 heteroatoms. The first-order valence-corrected chi connectivity index (χ1v) is 7.50. The molecule has 0 aliphatic carbocycles. The van der Waals surface area contributed by atoms with E-state index < -0.39 is 0 Å². The Morgan fingerprint density at radius 1 is 1.19 bits per heavy atom. The summed E-state index contributed by atoms with van der Waals surface area (Å²) in [6.45, 7) is 4.77. The maximum atomic E-state index is 11.9. The Kier molecular flexibility index (Phi) is 6.02. The van der Waals surface area contributed by atoms with Crippen molar-refractivity contribution in [2.24, 2.45) is 0 Å². The monoisotopic (exact) mass is 291 g/mol. The fourth-order valence-corrected chi connectivity index (χ4v) is 2.59. The molecule has 2 rings (SSSR count). The lowest BCUT2D eigenvalue weighted by Gasteiger charge is -2.36. The number of hydrogen-bond acceptors (Lipinski definition) is 4. The molecule has 0 atom stereocenters. The minimum Gasteiger partial charge on any atom is -0.384 e. The van der Waals surface area contributed by atoms with Crippen LogP contribution in [-0.2, 0) is 16.1 Å². The number of carbonyl (C=O) groups is 1. The first kappa shape index (κ1) is 15.8. The summed E-state index contributed by atoms with van der Waals surface area (Å²) < 4.78 is 4.96. The van der Waals surface area contributed by atoms with Crippen LogP contribution in [0.4, 0.5) is 5.69 Å². The third kappa shape index (κ3) is 4.44. The first-order valence-electron chi connectivity index (χ1n) is 7.50. The predicted molar refractivity (Wildman–Crippen MR) is 84.5 cm³/mol. The van der Waals surface area contributed by atoms with E-state index in [1.165, 1.54) is 11.3 Å². The lowest BCUT2D eigenvalue weighted by atomic mass is 10.1. The summed E-state index contributed by atoms with van der Waals surface area (Å²) in [7, 11) is 3.58. The Bertz CT molecular complexity index is 439. The van der Waals surface area contributed by atoms with Crippen molar-refractivity contribution in [1.29, 1.82) is 0 Å². The van der Waals surface area contributed by atoms with Crippen molar-refractivity contribution in [2.45, 2.75) is 13.0 Å². The molecule has 0 unspecified atom stereocenters. The van der Waals surface area contributed by atoms with Gasteiger partial charge in [-0.05, 0) is 24.7 Å². The van der Waals surface area contributed by atoms with E-state index in [1.54, 1.807) is 7.11 Å². The molecule has 1 amide bonds. The summed E-state index contributed by atoms with van der Waals surface area (Å²) in [5, 5.41) is 3.15. The number of ether oxygens (including phenoxy) is 1. The zero-order chi connectivity index (χ0) is 15.1. The molecule has 1 aliphatic rings. The van der Waals surface area contributed by atoms with Crippen LogP contribution in [0.2, 0.25) is 0 Å². The van der Waals surface area contributed by atoms with E-state index in [-0.39, 0.29) is 5.91 Å². The van der Waals surface area contributed by atoms with Gasteiger partial charge in [-0.2, -0.15) is 0 Å². The van der Waals surface area contributed by atoms with Crippen LogP contribution >= 0.6 is 0 Å². The number of carbonyl (C=O) groups excluding carboxylic acids is 1. The Balaban J connectivity index is 1.84. The van der Waals surface area contributed by atoms with Crippen molar-refractivity contribution < 1.29 is 9.53 Å². The number of hydrogen-bond donors (Lipinski definition) is 1. The number of nitrogens with zero attached hydrogens (tertiary/aromatic N) is 2. The van der Waals surface area contributed by atoms with Crippen LogP contribution in [-0.4, -0.2) is 57.8 Å². The van der Waals surface area contributed by atoms with Gasteiger partial charge in [-0.25, -0.2) is 0 Å². The third-order valence-electron chi connectivity index (χ3n) is 3.83. The predicted octanol–water partition coefficient (Wildman–Crippen LogP) is 1.09. The van der Waals surface area contributed by atoms with Crippen LogP contribution in [0.1, 0.15) is 12.0 Å². The standard InChI is InChI=1S/C16H25N3O2/c1-17-13-14-3-5-15(6-4-14)18-8-10-19(11-9-18)16(20)7-12-21-2/h3-6,17H,7-13H2,1-2H3. The largest absolute Gasteiger partial charge is 0.384 e. The molecule has 1 aliphatic heterocycles. The second-order valence-corrected chi connectivity index (χ2v) is 5.31. The van der Waals surface area contributed by atoms with Gasteiger partial charge >= 0.3 is 0 Å². The second kappa shape index (κ2) is 8.00. The van der Waals surface area contributed by atoms with Gasteiger partial charge < -0.3 is 19.9 Å². The average molecular weight is 291 g/mol. The Morgan fingerprint density at radius 3 is 2.43 bits per heavy atom. The number of anilines is 1. The van der Waals surface area contributed by atoms with Crippen molar-refractivity contribution in [1.82, 2.24) is 10.2 Å². The van der Waals surface area contributed by atoms with Gasteiger partial charge in [0.15, 0.2) is 0 Å². The number of amides is 1. The topological polar surface area (TPSA) is 44.8 Å². The summed E-state index contributed by atoms with van der Waals surface area (Å²) in [5.74, 6) is 0.195. The first-order chi connectivity index (χ1) is 10.2.